The number of carbonyl (C=O) groups is 2. The van der Waals surface area contributed by atoms with E-state index in [1.54, 1.807) is 35.2 Å². The summed E-state index contributed by atoms with van der Waals surface area (Å²) in [5.41, 5.74) is -0.924. The van der Waals surface area contributed by atoms with Crippen LogP contribution in [0.3, 0.4) is 0 Å². The van der Waals surface area contributed by atoms with Gasteiger partial charge < -0.3 is 20.1 Å². The molecule has 1 aromatic rings. The van der Waals surface area contributed by atoms with Gasteiger partial charge in [-0.15, -0.1) is 0 Å². The van der Waals surface area contributed by atoms with Crippen molar-refractivity contribution in [3.63, 3.8) is 0 Å². The minimum Gasteiger partial charge on any atom is -0.479 e. The Morgan fingerprint density at radius 1 is 1.38 bits per heavy atom. The van der Waals surface area contributed by atoms with Crippen LogP contribution in [0.15, 0.2) is 30.3 Å². The van der Waals surface area contributed by atoms with Crippen molar-refractivity contribution in [1.82, 2.24) is 10.2 Å². The fraction of sp³-hybridized carbons (Fsp3) is 0.467. The zero-order valence-electron chi connectivity index (χ0n) is 12.2. The number of ether oxygens (including phenoxy) is 1. The fourth-order valence-electron chi connectivity index (χ4n) is 2.32. The molecule has 1 aliphatic rings. The highest BCUT2D eigenvalue weighted by Crippen LogP contribution is 2.21. The third-order valence-corrected chi connectivity index (χ3v) is 3.66. The molecule has 0 saturated carbocycles. The number of hydrogen-bond acceptors (Lipinski definition) is 3. The third kappa shape index (κ3) is 3.33. The van der Waals surface area contributed by atoms with Crippen molar-refractivity contribution in [3.8, 4) is 0 Å². The summed E-state index contributed by atoms with van der Waals surface area (Å²) in [6.45, 7) is 4.75. The molecule has 0 bridgehead atoms. The Labute approximate surface area is 123 Å². The number of carbonyl (C=O) groups excluding carboxylic acids is 1. The van der Waals surface area contributed by atoms with Gasteiger partial charge in [-0.05, 0) is 19.4 Å². The molecule has 6 nitrogen and oxygen atoms in total. The number of nitrogens with one attached hydrogen (secondary N) is 1. The molecule has 0 radical (unpaired) electrons. The molecule has 0 aromatic heterocycles. The van der Waals surface area contributed by atoms with Crippen molar-refractivity contribution >= 4 is 12.0 Å². The summed E-state index contributed by atoms with van der Waals surface area (Å²) in [6.07, 6.45) is -0.0442. The van der Waals surface area contributed by atoms with Gasteiger partial charge in [0.05, 0.1) is 12.7 Å². The van der Waals surface area contributed by atoms with Crippen LogP contribution in [0, 0.1) is 0 Å². The van der Waals surface area contributed by atoms with Crippen molar-refractivity contribution in [3.05, 3.63) is 35.9 Å². The minimum absolute atomic E-state index is 0.0442. The first kappa shape index (κ1) is 15.3. The van der Waals surface area contributed by atoms with Crippen LogP contribution in [-0.4, -0.2) is 47.8 Å². The molecular formula is C15H20N2O4. The van der Waals surface area contributed by atoms with E-state index >= 15 is 0 Å². The predicted molar refractivity (Wildman–Crippen MR) is 76.9 cm³/mol. The molecule has 6 heteroatoms. The Balaban J connectivity index is 2.17. The standard InChI is InChI=1S/C15H20N2O4/c1-11-10-17(8-9-21-11)14(20)16-15(2,13(18)19)12-6-4-3-5-7-12/h3-7,11H,8-10H2,1-2H3,(H,16,20)(H,18,19). The van der Waals surface area contributed by atoms with E-state index in [2.05, 4.69) is 5.32 Å². The highest BCUT2D eigenvalue weighted by atomic mass is 16.5. The van der Waals surface area contributed by atoms with Crippen LogP contribution >= 0.6 is 0 Å². The van der Waals surface area contributed by atoms with Gasteiger partial charge in [0, 0.05) is 13.1 Å². The first-order valence-corrected chi connectivity index (χ1v) is 6.91. The summed E-state index contributed by atoms with van der Waals surface area (Å²) in [5, 5.41) is 12.2. The molecule has 2 N–H and O–H groups in total. The van der Waals surface area contributed by atoms with E-state index in [1.807, 2.05) is 6.92 Å². The monoisotopic (exact) mass is 292 g/mol. The largest absolute Gasteiger partial charge is 0.479 e. The van der Waals surface area contributed by atoms with Crippen LogP contribution in [0.1, 0.15) is 19.4 Å². The second-order valence-corrected chi connectivity index (χ2v) is 5.35. The lowest BCUT2D eigenvalue weighted by molar-refractivity contribution is -0.144. The molecule has 2 unspecified atom stereocenters. The van der Waals surface area contributed by atoms with Gasteiger partial charge >= 0.3 is 12.0 Å². The molecule has 1 aliphatic heterocycles. The van der Waals surface area contributed by atoms with E-state index in [-0.39, 0.29) is 12.1 Å². The maximum Gasteiger partial charge on any atom is 0.333 e. The smallest absolute Gasteiger partial charge is 0.333 e. The third-order valence-electron chi connectivity index (χ3n) is 3.66. The van der Waals surface area contributed by atoms with Gasteiger partial charge in [-0.3, -0.25) is 0 Å². The van der Waals surface area contributed by atoms with Crippen molar-refractivity contribution in [2.24, 2.45) is 0 Å². The highest BCUT2D eigenvalue weighted by molar-refractivity contribution is 5.87. The zero-order valence-corrected chi connectivity index (χ0v) is 12.2. The predicted octanol–water partition coefficient (Wildman–Crippen LogP) is 1.42. The molecule has 2 amide bonds. The van der Waals surface area contributed by atoms with Crippen LogP contribution in [0.25, 0.3) is 0 Å². The average molecular weight is 292 g/mol. The lowest BCUT2D eigenvalue weighted by atomic mass is 9.92. The summed E-state index contributed by atoms with van der Waals surface area (Å²) in [7, 11) is 0. The number of hydrogen-bond donors (Lipinski definition) is 2. The van der Waals surface area contributed by atoms with Crippen LogP contribution < -0.4 is 5.32 Å². The first-order valence-electron chi connectivity index (χ1n) is 6.91. The van der Waals surface area contributed by atoms with Crippen molar-refractivity contribution in [2.45, 2.75) is 25.5 Å². The molecule has 21 heavy (non-hydrogen) atoms. The van der Waals surface area contributed by atoms with Crippen molar-refractivity contribution in [2.75, 3.05) is 19.7 Å². The Morgan fingerprint density at radius 3 is 2.62 bits per heavy atom. The Morgan fingerprint density at radius 2 is 2.05 bits per heavy atom. The number of nitrogens with zero attached hydrogens (tertiary/aromatic N) is 1. The number of morpholine rings is 1. The number of benzene rings is 1. The van der Waals surface area contributed by atoms with E-state index in [0.717, 1.165) is 0 Å². The van der Waals surface area contributed by atoms with Crippen molar-refractivity contribution < 1.29 is 19.4 Å². The van der Waals surface area contributed by atoms with Crippen LogP contribution in [0.5, 0.6) is 0 Å². The molecule has 114 valence electrons. The van der Waals surface area contributed by atoms with Gasteiger partial charge in [0.1, 0.15) is 0 Å². The number of carboxylic acids is 1. The van der Waals surface area contributed by atoms with E-state index < -0.39 is 11.5 Å². The Kier molecular flexibility index (Phi) is 4.47. The van der Waals surface area contributed by atoms with Crippen LogP contribution in [0.4, 0.5) is 4.79 Å². The second kappa shape index (κ2) is 6.13. The van der Waals surface area contributed by atoms with Gasteiger partial charge in [0.25, 0.3) is 0 Å². The number of rotatable bonds is 3. The van der Waals surface area contributed by atoms with Gasteiger partial charge in [-0.25, -0.2) is 9.59 Å². The Bertz CT molecular complexity index is 520. The van der Waals surface area contributed by atoms with E-state index in [1.165, 1.54) is 6.92 Å². The van der Waals surface area contributed by atoms with Gasteiger partial charge in [0.2, 0.25) is 0 Å². The van der Waals surface area contributed by atoms with Gasteiger partial charge in [-0.2, -0.15) is 0 Å². The summed E-state index contributed by atoms with van der Waals surface area (Å²) < 4.78 is 5.38. The number of amides is 2. The summed E-state index contributed by atoms with van der Waals surface area (Å²) in [6, 6.07) is 8.29. The molecule has 1 fully saturated rings. The second-order valence-electron chi connectivity index (χ2n) is 5.35. The first-order chi connectivity index (χ1) is 9.93. The normalized spacial score (nSPS) is 21.4. The molecule has 1 heterocycles. The summed E-state index contributed by atoms with van der Waals surface area (Å²) >= 11 is 0. The summed E-state index contributed by atoms with van der Waals surface area (Å²) in [5.74, 6) is -1.09. The molecule has 0 aliphatic carbocycles. The molecule has 1 saturated heterocycles. The molecule has 1 aromatic carbocycles. The zero-order chi connectivity index (χ0) is 15.5. The topological polar surface area (TPSA) is 78.9 Å². The molecular weight excluding hydrogens is 272 g/mol. The molecule has 2 rings (SSSR count). The minimum atomic E-state index is -1.46. The van der Waals surface area contributed by atoms with Gasteiger partial charge in [0.15, 0.2) is 5.54 Å². The lowest BCUT2D eigenvalue weighted by Gasteiger charge is -2.35. The number of carboxylic acid groups (broad SMARTS) is 1. The average Bonchev–Trinajstić information content (AvgIpc) is 2.47. The fourth-order valence-corrected chi connectivity index (χ4v) is 2.32. The number of aliphatic carboxylic acids is 1. The molecule has 2 atom stereocenters. The van der Waals surface area contributed by atoms with Gasteiger partial charge in [-0.1, -0.05) is 30.3 Å². The summed E-state index contributed by atoms with van der Waals surface area (Å²) in [4.78, 5) is 25.6. The quantitative estimate of drug-likeness (QED) is 0.883. The highest BCUT2D eigenvalue weighted by Gasteiger charge is 2.38. The number of urea groups is 1. The Hall–Kier alpha value is -2.08. The van der Waals surface area contributed by atoms with Crippen LogP contribution in [0.2, 0.25) is 0 Å². The van der Waals surface area contributed by atoms with Crippen LogP contribution in [-0.2, 0) is 15.1 Å². The SMILES string of the molecule is CC1CN(C(=O)NC(C)(C(=O)O)c2ccccc2)CCO1. The van der Waals surface area contributed by atoms with Crippen molar-refractivity contribution in [1.29, 1.82) is 0 Å². The lowest BCUT2D eigenvalue weighted by Crippen LogP contribution is -2.56. The maximum absolute atomic E-state index is 12.3. The maximum atomic E-state index is 12.3. The van der Waals surface area contributed by atoms with E-state index in [4.69, 9.17) is 4.74 Å². The molecule has 0 spiro atoms. The van der Waals surface area contributed by atoms with E-state index in [9.17, 15) is 14.7 Å². The van der Waals surface area contributed by atoms with E-state index in [0.29, 0.717) is 25.3 Å².